The van der Waals surface area contributed by atoms with Gasteiger partial charge in [-0.05, 0) is 31.0 Å². The molecule has 4 heterocycles. The van der Waals surface area contributed by atoms with E-state index in [1.165, 1.54) is 34.5 Å². The first-order valence-corrected chi connectivity index (χ1v) is 11.1. The van der Waals surface area contributed by atoms with Crippen molar-refractivity contribution in [1.29, 1.82) is 0 Å². The van der Waals surface area contributed by atoms with Crippen LogP contribution in [0.3, 0.4) is 0 Å². The summed E-state index contributed by atoms with van der Waals surface area (Å²) >= 11 is 1.21. The van der Waals surface area contributed by atoms with Gasteiger partial charge in [-0.25, -0.2) is 18.4 Å². The molecule has 3 aromatic heterocycles. The van der Waals surface area contributed by atoms with Gasteiger partial charge in [-0.2, -0.15) is 9.19 Å². The summed E-state index contributed by atoms with van der Waals surface area (Å²) in [6.45, 7) is 5.01. The number of aromatic nitrogens is 5. The molecule has 1 fully saturated rings. The van der Waals surface area contributed by atoms with Crippen molar-refractivity contribution in [2.75, 3.05) is 37.3 Å². The molecule has 4 rings (SSSR count). The molecule has 0 saturated carbocycles. The second-order valence-electron chi connectivity index (χ2n) is 6.08. The van der Waals surface area contributed by atoms with Gasteiger partial charge in [0, 0.05) is 44.8 Å². The molecule has 1 aliphatic rings. The maximum absolute atomic E-state index is 13.3. The minimum Gasteiger partial charge on any atom is -0.352 e. The number of fused-ring (bicyclic) bond motifs is 1. The summed E-state index contributed by atoms with van der Waals surface area (Å²) in [6, 6.07) is 3.12. The fourth-order valence-corrected chi connectivity index (χ4v) is 5.35. The average molecular weight is 406 g/mol. The highest BCUT2D eigenvalue weighted by molar-refractivity contribution is 7.98. The van der Waals surface area contributed by atoms with Crippen molar-refractivity contribution >= 4 is 38.6 Å². The number of nitrogens with one attached hydrogen (secondary N) is 1. The lowest BCUT2D eigenvalue weighted by Crippen LogP contribution is -2.44. The Kier molecular flexibility index (Phi) is 4.74. The Balaban J connectivity index is 1.97. The Hall–Kier alpha value is -2.24. The van der Waals surface area contributed by atoms with E-state index >= 15 is 0 Å². The maximum atomic E-state index is 13.3. The lowest BCUT2D eigenvalue weighted by atomic mass is 10.3. The van der Waals surface area contributed by atoms with E-state index in [0.717, 1.165) is 26.2 Å². The first-order chi connectivity index (χ1) is 13.0. The summed E-state index contributed by atoms with van der Waals surface area (Å²) in [5.74, 6) is 1.19. The van der Waals surface area contributed by atoms with Gasteiger partial charge in [-0.1, -0.05) is 0 Å². The van der Waals surface area contributed by atoms with Gasteiger partial charge in [0.15, 0.2) is 16.4 Å². The predicted octanol–water partition coefficient (Wildman–Crippen LogP) is 0.898. The lowest BCUT2D eigenvalue weighted by molar-refractivity contribution is 0.585. The lowest BCUT2D eigenvalue weighted by Gasteiger charge is -2.28. The molecule has 0 amide bonds. The van der Waals surface area contributed by atoms with Gasteiger partial charge >= 0.3 is 0 Å². The van der Waals surface area contributed by atoms with Crippen LogP contribution in [0.1, 0.15) is 5.82 Å². The second-order valence-corrected chi connectivity index (χ2v) is 8.66. The quantitative estimate of drug-likeness (QED) is 0.677. The summed E-state index contributed by atoms with van der Waals surface area (Å²) in [5, 5.41) is 7.89. The Morgan fingerprint density at radius 3 is 2.63 bits per heavy atom. The van der Waals surface area contributed by atoms with Crippen LogP contribution in [-0.2, 0) is 9.84 Å². The number of aryl methyl sites for hydroxylation is 1. The molecule has 0 spiro atoms. The standard InChI is InChI=1S/C16H19N7O2S2/c1-11-19-14-13(15(20-11)22-8-6-17-7-9-22)21-23(26-2)16(14)27(24,25)12-4-3-5-18-10-12/h3-5,10,17H,6-9H2,1-2H3. The number of piperazine rings is 1. The van der Waals surface area contributed by atoms with Crippen molar-refractivity contribution < 1.29 is 8.42 Å². The van der Waals surface area contributed by atoms with E-state index in [2.05, 4.69) is 30.3 Å². The molecule has 9 nitrogen and oxygen atoms in total. The molecular weight excluding hydrogens is 386 g/mol. The Labute approximate surface area is 161 Å². The molecule has 1 aliphatic heterocycles. The molecule has 1 N–H and O–H groups in total. The number of pyridine rings is 1. The zero-order valence-corrected chi connectivity index (χ0v) is 16.6. The van der Waals surface area contributed by atoms with Crippen LogP contribution < -0.4 is 10.2 Å². The van der Waals surface area contributed by atoms with Crippen LogP contribution in [0, 0.1) is 6.92 Å². The van der Waals surface area contributed by atoms with Crippen LogP contribution in [-0.4, -0.2) is 65.0 Å². The van der Waals surface area contributed by atoms with Crippen LogP contribution in [0.2, 0.25) is 0 Å². The molecule has 3 aromatic rings. The van der Waals surface area contributed by atoms with Crippen molar-refractivity contribution in [2.45, 2.75) is 16.8 Å². The smallest absolute Gasteiger partial charge is 0.228 e. The van der Waals surface area contributed by atoms with E-state index in [0.29, 0.717) is 22.7 Å². The fraction of sp³-hybridized carbons (Fsp3) is 0.375. The SMILES string of the molecule is CSn1nc2c(N3CCNCC3)nc(C)nc2c1S(=O)(=O)c1cccnc1. The van der Waals surface area contributed by atoms with Crippen LogP contribution in [0.4, 0.5) is 5.82 Å². The summed E-state index contributed by atoms with van der Waals surface area (Å²) in [4.78, 5) is 15.2. The van der Waals surface area contributed by atoms with Gasteiger partial charge in [0.1, 0.15) is 11.3 Å². The molecule has 0 atom stereocenters. The molecule has 0 aliphatic carbocycles. The van der Waals surface area contributed by atoms with Crippen molar-refractivity contribution in [3.63, 3.8) is 0 Å². The zero-order valence-electron chi connectivity index (χ0n) is 15.0. The summed E-state index contributed by atoms with van der Waals surface area (Å²) < 4.78 is 28.0. The minimum atomic E-state index is -3.83. The fourth-order valence-electron chi connectivity index (χ4n) is 3.09. The number of hydrogen-bond donors (Lipinski definition) is 1. The average Bonchev–Trinajstić information content (AvgIpc) is 3.08. The van der Waals surface area contributed by atoms with Crippen LogP contribution in [0.25, 0.3) is 11.0 Å². The molecule has 1 saturated heterocycles. The third-order valence-electron chi connectivity index (χ3n) is 4.33. The normalized spacial score (nSPS) is 15.4. The maximum Gasteiger partial charge on any atom is 0.228 e. The van der Waals surface area contributed by atoms with E-state index in [9.17, 15) is 8.42 Å². The molecule has 0 aromatic carbocycles. The molecule has 0 radical (unpaired) electrons. The van der Waals surface area contributed by atoms with E-state index in [1.54, 1.807) is 19.2 Å². The first kappa shape index (κ1) is 18.1. The van der Waals surface area contributed by atoms with Gasteiger partial charge < -0.3 is 10.2 Å². The highest BCUT2D eigenvalue weighted by Gasteiger charge is 2.31. The number of rotatable bonds is 4. The Bertz CT molecular complexity index is 1080. The van der Waals surface area contributed by atoms with E-state index in [-0.39, 0.29) is 9.92 Å². The van der Waals surface area contributed by atoms with Crippen molar-refractivity contribution in [3.05, 3.63) is 30.4 Å². The molecule has 142 valence electrons. The van der Waals surface area contributed by atoms with Gasteiger partial charge in [0.05, 0.1) is 4.90 Å². The predicted molar refractivity (Wildman–Crippen MR) is 104 cm³/mol. The molecule has 27 heavy (non-hydrogen) atoms. The van der Waals surface area contributed by atoms with E-state index < -0.39 is 9.84 Å². The second kappa shape index (κ2) is 7.06. The minimum absolute atomic E-state index is 0.0554. The number of hydrogen-bond acceptors (Lipinski definition) is 9. The summed E-state index contributed by atoms with van der Waals surface area (Å²) in [5.41, 5.74) is 0.841. The Morgan fingerprint density at radius 2 is 1.96 bits per heavy atom. The van der Waals surface area contributed by atoms with Gasteiger partial charge in [-0.15, -0.1) is 0 Å². The van der Waals surface area contributed by atoms with Crippen LogP contribution >= 0.6 is 11.9 Å². The largest absolute Gasteiger partial charge is 0.352 e. The molecule has 11 heteroatoms. The van der Waals surface area contributed by atoms with Gasteiger partial charge in [-0.3, -0.25) is 4.98 Å². The summed E-state index contributed by atoms with van der Waals surface area (Å²) in [6.07, 6.45) is 4.65. The molecular formula is C16H19N7O2S2. The van der Waals surface area contributed by atoms with E-state index in [4.69, 9.17) is 0 Å². The van der Waals surface area contributed by atoms with Crippen LogP contribution in [0.15, 0.2) is 34.4 Å². The van der Waals surface area contributed by atoms with E-state index in [1.807, 2.05) is 0 Å². The Morgan fingerprint density at radius 1 is 1.19 bits per heavy atom. The molecule has 0 unspecified atom stereocenters. The van der Waals surface area contributed by atoms with Gasteiger partial charge in [0.25, 0.3) is 0 Å². The first-order valence-electron chi connectivity index (χ1n) is 8.45. The topological polar surface area (TPSA) is 106 Å². The number of sulfone groups is 1. The highest BCUT2D eigenvalue weighted by atomic mass is 32.2. The number of nitrogens with zero attached hydrogens (tertiary/aromatic N) is 6. The third-order valence-corrected chi connectivity index (χ3v) is 6.80. The van der Waals surface area contributed by atoms with Crippen molar-refractivity contribution in [1.82, 2.24) is 29.5 Å². The zero-order chi connectivity index (χ0) is 19.0. The summed E-state index contributed by atoms with van der Waals surface area (Å²) in [7, 11) is -3.83. The highest BCUT2D eigenvalue weighted by Crippen LogP contribution is 2.33. The van der Waals surface area contributed by atoms with Crippen molar-refractivity contribution in [3.8, 4) is 0 Å². The number of anilines is 1. The third kappa shape index (κ3) is 3.15. The van der Waals surface area contributed by atoms with Crippen molar-refractivity contribution in [2.24, 2.45) is 0 Å². The molecule has 0 bridgehead atoms. The monoisotopic (exact) mass is 405 g/mol. The van der Waals surface area contributed by atoms with Crippen LogP contribution in [0.5, 0.6) is 0 Å². The van der Waals surface area contributed by atoms with Gasteiger partial charge in [0.2, 0.25) is 9.84 Å².